The van der Waals surface area contributed by atoms with Crippen LogP contribution in [-0.4, -0.2) is 57.4 Å². The highest BCUT2D eigenvalue weighted by Crippen LogP contribution is 2.22. The molecule has 0 saturated carbocycles. The monoisotopic (exact) mass is 460 g/mol. The molecular weight excluding hydrogens is 432 g/mol. The zero-order valence-corrected chi connectivity index (χ0v) is 19.4. The van der Waals surface area contributed by atoms with E-state index in [0.29, 0.717) is 44.2 Å². The number of hydrogen-bond acceptors (Lipinski definition) is 6. The van der Waals surface area contributed by atoms with Crippen molar-refractivity contribution >= 4 is 5.91 Å². The summed E-state index contributed by atoms with van der Waals surface area (Å²) in [5, 5.41) is 14.0. The molecule has 4 rings (SSSR count). The molecule has 2 aromatic heterocycles. The van der Waals surface area contributed by atoms with Crippen molar-refractivity contribution in [3.05, 3.63) is 71.5 Å². The van der Waals surface area contributed by atoms with Gasteiger partial charge in [-0.05, 0) is 37.6 Å². The summed E-state index contributed by atoms with van der Waals surface area (Å²) < 4.78 is 12.3. The van der Waals surface area contributed by atoms with Crippen LogP contribution < -0.4 is 0 Å². The zero-order chi connectivity index (χ0) is 23.9. The van der Waals surface area contributed by atoms with Crippen LogP contribution in [0.25, 0.3) is 11.3 Å². The van der Waals surface area contributed by atoms with Crippen molar-refractivity contribution in [1.82, 2.24) is 19.6 Å². The van der Waals surface area contributed by atoms with Crippen LogP contribution in [0.4, 0.5) is 0 Å². The maximum Gasteiger partial charge on any atom is 0.225 e. The maximum atomic E-state index is 12.1. The number of aliphatic hydroxyl groups excluding tert-OH is 1. The minimum absolute atomic E-state index is 0.115. The molecule has 1 atom stereocenters. The van der Waals surface area contributed by atoms with Gasteiger partial charge in [-0.2, -0.15) is 0 Å². The fourth-order valence-electron chi connectivity index (χ4n) is 3.75. The number of nitrogens with zero attached hydrogens (tertiary/aromatic N) is 4. The highest BCUT2D eigenvalue weighted by atomic mass is 16.5. The normalized spacial score (nSPS) is 14.3. The molecule has 0 spiro atoms. The quantitative estimate of drug-likeness (QED) is 0.545. The van der Waals surface area contributed by atoms with Gasteiger partial charge in [0.2, 0.25) is 5.91 Å². The number of aliphatic hydroxyl groups is 1. The molecule has 8 nitrogen and oxygen atoms in total. The lowest BCUT2D eigenvalue weighted by Crippen LogP contribution is -2.35. The van der Waals surface area contributed by atoms with Crippen molar-refractivity contribution < 1.29 is 19.2 Å². The third kappa shape index (κ3) is 5.81. The molecule has 0 bridgehead atoms. The Bertz CT molecular complexity index is 1210. The molecule has 8 heteroatoms. The second kappa shape index (κ2) is 11.0. The highest BCUT2D eigenvalue weighted by Gasteiger charge is 2.16. The summed E-state index contributed by atoms with van der Waals surface area (Å²) in [6, 6.07) is 9.71. The topological polar surface area (TPSA) is 93.6 Å². The lowest BCUT2D eigenvalue weighted by Gasteiger charge is -2.25. The van der Waals surface area contributed by atoms with Gasteiger partial charge >= 0.3 is 0 Å². The van der Waals surface area contributed by atoms with E-state index in [1.165, 1.54) is 0 Å². The molecule has 0 unspecified atom stereocenters. The number of rotatable bonds is 7. The number of amides is 1. The fourth-order valence-corrected chi connectivity index (χ4v) is 3.75. The van der Waals surface area contributed by atoms with Gasteiger partial charge < -0.3 is 23.8 Å². The second-order valence-electron chi connectivity index (χ2n) is 8.16. The standard InChI is InChI=1S/C26H28N4O4/c1-19(31)26-27-12-15-30(26)18-23-17-24(34-28-23)22-7-5-20(6-8-22)3-4-21-9-13-29(14-10-21)25(32)11-16-33-2/h5-9,12,15,17,19,31H,10-11,13-14,16,18H2,1-2H3/t19-/m0/s1. The van der Waals surface area contributed by atoms with Gasteiger partial charge in [0.25, 0.3) is 0 Å². The fraction of sp³-hybridized carbons (Fsp3) is 0.346. The van der Waals surface area contributed by atoms with Crippen molar-refractivity contribution in [2.75, 3.05) is 26.8 Å². The molecule has 1 aliphatic rings. The molecular formula is C26H28N4O4. The van der Waals surface area contributed by atoms with Gasteiger partial charge in [-0.15, -0.1) is 0 Å². The molecule has 1 aromatic carbocycles. The maximum absolute atomic E-state index is 12.1. The van der Waals surface area contributed by atoms with Crippen LogP contribution in [0.2, 0.25) is 0 Å². The van der Waals surface area contributed by atoms with E-state index in [9.17, 15) is 9.90 Å². The molecule has 1 amide bonds. The van der Waals surface area contributed by atoms with Gasteiger partial charge in [-0.25, -0.2) is 4.98 Å². The Kier molecular flexibility index (Phi) is 7.58. The van der Waals surface area contributed by atoms with Crippen molar-refractivity contribution in [3.8, 4) is 23.2 Å². The molecule has 0 aliphatic carbocycles. The van der Waals surface area contributed by atoms with Gasteiger partial charge in [0.1, 0.15) is 17.6 Å². The van der Waals surface area contributed by atoms with Crippen molar-refractivity contribution in [2.24, 2.45) is 0 Å². The molecule has 0 fully saturated rings. The van der Waals surface area contributed by atoms with Crippen LogP contribution in [0.5, 0.6) is 0 Å². The lowest BCUT2D eigenvalue weighted by molar-refractivity contribution is -0.131. The second-order valence-corrected chi connectivity index (χ2v) is 8.16. The Morgan fingerprint density at radius 1 is 1.29 bits per heavy atom. The molecule has 1 N–H and O–H groups in total. The predicted octanol–water partition coefficient (Wildman–Crippen LogP) is 3.19. The van der Waals surface area contributed by atoms with Crippen LogP contribution in [0, 0.1) is 11.8 Å². The third-order valence-electron chi connectivity index (χ3n) is 5.63. The summed E-state index contributed by atoms with van der Waals surface area (Å²) in [5.74, 6) is 7.80. The number of ether oxygens (including phenoxy) is 1. The Labute approximate surface area is 198 Å². The summed E-state index contributed by atoms with van der Waals surface area (Å²) in [4.78, 5) is 18.1. The van der Waals surface area contributed by atoms with Crippen LogP contribution in [0.15, 0.2) is 58.9 Å². The van der Waals surface area contributed by atoms with Crippen LogP contribution >= 0.6 is 0 Å². The van der Waals surface area contributed by atoms with E-state index in [2.05, 4.69) is 22.0 Å². The van der Waals surface area contributed by atoms with E-state index in [0.717, 1.165) is 28.8 Å². The Morgan fingerprint density at radius 3 is 2.82 bits per heavy atom. The Morgan fingerprint density at radius 2 is 2.12 bits per heavy atom. The molecule has 0 saturated heterocycles. The largest absolute Gasteiger partial charge is 0.385 e. The average Bonchev–Trinajstić information content (AvgIpc) is 3.52. The number of carbonyl (C=O) groups is 1. The minimum Gasteiger partial charge on any atom is -0.385 e. The first-order chi connectivity index (χ1) is 16.5. The van der Waals surface area contributed by atoms with Crippen LogP contribution in [0.3, 0.4) is 0 Å². The Hall–Kier alpha value is -3.67. The summed E-state index contributed by atoms with van der Waals surface area (Å²) >= 11 is 0. The summed E-state index contributed by atoms with van der Waals surface area (Å²) in [7, 11) is 1.60. The molecule has 176 valence electrons. The molecule has 1 aliphatic heterocycles. The van der Waals surface area contributed by atoms with E-state index in [1.807, 2.05) is 52.1 Å². The number of methoxy groups -OCH3 is 1. The third-order valence-corrected chi connectivity index (χ3v) is 5.63. The van der Waals surface area contributed by atoms with Crippen molar-refractivity contribution in [1.29, 1.82) is 0 Å². The summed E-state index contributed by atoms with van der Waals surface area (Å²) in [6.45, 7) is 3.89. The molecule has 34 heavy (non-hydrogen) atoms. The van der Waals surface area contributed by atoms with Crippen LogP contribution in [-0.2, 0) is 16.1 Å². The van der Waals surface area contributed by atoms with E-state index in [4.69, 9.17) is 9.26 Å². The van der Waals surface area contributed by atoms with Crippen molar-refractivity contribution in [2.45, 2.75) is 32.4 Å². The average molecular weight is 461 g/mol. The minimum atomic E-state index is -0.651. The number of carbonyl (C=O) groups excluding carboxylic acids is 1. The number of aromatic nitrogens is 3. The van der Waals surface area contributed by atoms with Gasteiger partial charge in [-0.3, -0.25) is 4.79 Å². The predicted molar refractivity (Wildman–Crippen MR) is 127 cm³/mol. The van der Waals surface area contributed by atoms with E-state index in [1.54, 1.807) is 20.2 Å². The van der Waals surface area contributed by atoms with Gasteiger partial charge in [0.05, 0.1) is 19.6 Å². The van der Waals surface area contributed by atoms with E-state index < -0.39 is 6.10 Å². The van der Waals surface area contributed by atoms with Crippen molar-refractivity contribution in [3.63, 3.8) is 0 Å². The first-order valence-electron chi connectivity index (χ1n) is 11.3. The highest BCUT2D eigenvalue weighted by molar-refractivity contribution is 5.76. The van der Waals surface area contributed by atoms with Gasteiger partial charge in [0.15, 0.2) is 5.76 Å². The van der Waals surface area contributed by atoms with E-state index in [-0.39, 0.29) is 5.91 Å². The summed E-state index contributed by atoms with van der Waals surface area (Å²) in [6.07, 6.45) is 6.01. The molecule has 3 aromatic rings. The zero-order valence-electron chi connectivity index (χ0n) is 19.4. The van der Waals surface area contributed by atoms with Gasteiger partial charge in [-0.1, -0.05) is 23.1 Å². The molecule has 0 radical (unpaired) electrons. The Balaban J connectivity index is 1.36. The van der Waals surface area contributed by atoms with Gasteiger partial charge in [0, 0.05) is 55.4 Å². The van der Waals surface area contributed by atoms with Crippen LogP contribution in [0.1, 0.15) is 43.0 Å². The van der Waals surface area contributed by atoms with E-state index >= 15 is 0 Å². The SMILES string of the molecule is COCCC(=O)N1CC=C(C#Cc2ccc(-c3cc(Cn4ccnc4[C@H](C)O)no3)cc2)CC1. The first kappa shape index (κ1) is 23.5. The number of hydrogen-bond donors (Lipinski definition) is 1. The number of imidazole rings is 1. The lowest BCUT2D eigenvalue weighted by atomic mass is 10.1. The smallest absolute Gasteiger partial charge is 0.225 e. The molecule has 3 heterocycles. The first-order valence-corrected chi connectivity index (χ1v) is 11.3. The summed E-state index contributed by atoms with van der Waals surface area (Å²) in [5.41, 5.74) is 3.62. The number of benzene rings is 1.